The third-order valence-corrected chi connectivity index (χ3v) is 4.78. The standard InChI is InChI=1S/C19H23NO3S/c1-14(2)13-20-19(21)17-8-4-15(5-9-17)12-16-6-10-18(11-7-16)24(3,22)23/h4-11,14H,12-13H2,1-3H3,(H,20,21). The number of hydrogen-bond acceptors (Lipinski definition) is 3. The smallest absolute Gasteiger partial charge is 0.251 e. The molecule has 0 aliphatic rings. The predicted octanol–water partition coefficient (Wildman–Crippen LogP) is 3.07. The minimum Gasteiger partial charge on any atom is -0.352 e. The second-order valence-corrected chi connectivity index (χ2v) is 8.41. The predicted molar refractivity (Wildman–Crippen MR) is 96.0 cm³/mol. The van der Waals surface area contributed by atoms with Crippen LogP contribution in [0, 0.1) is 5.92 Å². The van der Waals surface area contributed by atoms with Crippen LogP contribution in [0.25, 0.3) is 0 Å². The van der Waals surface area contributed by atoms with Gasteiger partial charge in [0.15, 0.2) is 9.84 Å². The maximum atomic E-state index is 12.0. The van der Waals surface area contributed by atoms with Crippen molar-refractivity contribution in [3.05, 3.63) is 65.2 Å². The van der Waals surface area contributed by atoms with Crippen LogP contribution in [0.3, 0.4) is 0 Å². The molecule has 0 atom stereocenters. The molecule has 1 N–H and O–H groups in total. The minimum atomic E-state index is -3.16. The zero-order chi connectivity index (χ0) is 17.7. The molecule has 4 nitrogen and oxygen atoms in total. The lowest BCUT2D eigenvalue weighted by atomic mass is 10.0. The van der Waals surface area contributed by atoms with E-state index in [-0.39, 0.29) is 5.91 Å². The Morgan fingerprint density at radius 1 is 0.958 bits per heavy atom. The first-order valence-electron chi connectivity index (χ1n) is 7.92. The maximum Gasteiger partial charge on any atom is 0.251 e. The Labute approximate surface area is 143 Å². The summed E-state index contributed by atoms with van der Waals surface area (Å²) in [5, 5.41) is 2.89. The van der Waals surface area contributed by atoms with Gasteiger partial charge < -0.3 is 5.32 Å². The Hall–Kier alpha value is -2.14. The number of sulfone groups is 1. The van der Waals surface area contributed by atoms with Crippen molar-refractivity contribution >= 4 is 15.7 Å². The molecule has 0 saturated carbocycles. The summed E-state index contributed by atoms with van der Waals surface area (Å²) in [5.74, 6) is 0.357. The molecule has 0 radical (unpaired) electrons. The van der Waals surface area contributed by atoms with Crippen molar-refractivity contribution in [1.82, 2.24) is 5.32 Å². The van der Waals surface area contributed by atoms with Gasteiger partial charge in [-0.3, -0.25) is 4.79 Å². The number of amides is 1. The molecule has 0 saturated heterocycles. The van der Waals surface area contributed by atoms with E-state index in [0.717, 1.165) is 11.1 Å². The van der Waals surface area contributed by atoms with E-state index in [1.165, 1.54) is 6.26 Å². The van der Waals surface area contributed by atoms with E-state index in [9.17, 15) is 13.2 Å². The van der Waals surface area contributed by atoms with Gasteiger partial charge in [0, 0.05) is 18.4 Å². The van der Waals surface area contributed by atoms with E-state index in [2.05, 4.69) is 19.2 Å². The second kappa shape index (κ2) is 7.62. The van der Waals surface area contributed by atoms with Crippen molar-refractivity contribution in [1.29, 1.82) is 0 Å². The molecule has 1 amide bonds. The van der Waals surface area contributed by atoms with E-state index < -0.39 is 9.84 Å². The second-order valence-electron chi connectivity index (χ2n) is 6.39. The van der Waals surface area contributed by atoms with E-state index in [1.807, 2.05) is 36.4 Å². The van der Waals surface area contributed by atoms with Gasteiger partial charge in [-0.25, -0.2) is 8.42 Å². The zero-order valence-corrected chi connectivity index (χ0v) is 15.1. The number of rotatable bonds is 6. The van der Waals surface area contributed by atoms with Crippen molar-refractivity contribution in [3.63, 3.8) is 0 Å². The lowest BCUT2D eigenvalue weighted by Crippen LogP contribution is -2.27. The average Bonchev–Trinajstić information content (AvgIpc) is 2.53. The summed E-state index contributed by atoms with van der Waals surface area (Å²) in [4.78, 5) is 12.3. The highest BCUT2D eigenvalue weighted by atomic mass is 32.2. The average molecular weight is 345 g/mol. The van der Waals surface area contributed by atoms with Gasteiger partial charge in [-0.05, 0) is 47.7 Å². The van der Waals surface area contributed by atoms with Crippen LogP contribution in [0.15, 0.2) is 53.4 Å². The number of carbonyl (C=O) groups excluding carboxylic acids is 1. The van der Waals surface area contributed by atoms with Gasteiger partial charge in [0.1, 0.15) is 0 Å². The molecule has 2 aromatic rings. The third kappa shape index (κ3) is 5.20. The maximum absolute atomic E-state index is 12.0. The Kier molecular flexibility index (Phi) is 5.78. The molecule has 0 aliphatic heterocycles. The number of nitrogens with one attached hydrogen (secondary N) is 1. The van der Waals surface area contributed by atoms with Crippen molar-refractivity contribution < 1.29 is 13.2 Å². The topological polar surface area (TPSA) is 63.2 Å². The first kappa shape index (κ1) is 18.2. The van der Waals surface area contributed by atoms with E-state index in [1.54, 1.807) is 12.1 Å². The Bertz CT molecular complexity index is 792. The molecule has 0 spiro atoms. The van der Waals surface area contributed by atoms with Crippen LogP contribution < -0.4 is 5.32 Å². The summed E-state index contributed by atoms with van der Waals surface area (Å²) in [7, 11) is -3.16. The van der Waals surface area contributed by atoms with Crippen LogP contribution in [-0.2, 0) is 16.3 Å². The molecule has 2 aromatic carbocycles. The zero-order valence-electron chi connectivity index (χ0n) is 14.2. The molecule has 0 fully saturated rings. The fourth-order valence-electron chi connectivity index (χ4n) is 2.26. The van der Waals surface area contributed by atoms with Crippen LogP contribution in [0.2, 0.25) is 0 Å². The fraction of sp³-hybridized carbons (Fsp3) is 0.316. The highest BCUT2D eigenvalue weighted by Gasteiger charge is 2.08. The van der Waals surface area contributed by atoms with E-state index in [0.29, 0.717) is 29.3 Å². The molecular formula is C19H23NO3S. The van der Waals surface area contributed by atoms with Gasteiger partial charge in [-0.1, -0.05) is 38.1 Å². The molecule has 24 heavy (non-hydrogen) atoms. The lowest BCUT2D eigenvalue weighted by molar-refractivity contribution is 0.0949. The van der Waals surface area contributed by atoms with Gasteiger partial charge in [-0.2, -0.15) is 0 Å². The largest absolute Gasteiger partial charge is 0.352 e. The normalized spacial score (nSPS) is 11.5. The molecule has 0 aliphatic carbocycles. The Morgan fingerprint density at radius 3 is 1.92 bits per heavy atom. The third-order valence-electron chi connectivity index (χ3n) is 3.65. The van der Waals surface area contributed by atoms with E-state index >= 15 is 0 Å². The molecule has 128 valence electrons. The van der Waals surface area contributed by atoms with Crippen molar-refractivity contribution in [2.75, 3.05) is 12.8 Å². The summed E-state index contributed by atoms with van der Waals surface area (Å²) < 4.78 is 22.9. The summed E-state index contributed by atoms with van der Waals surface area (Å²) in [6, 6.07) is 14.4. The quantitative estimate of drug-likeness (QED) is 0.875. The highest BCUT2D eigenvalue weighted by Crippen LogP contribution is 2.14. The summed E-state index contributed by atoms with van der Waals surface area (Å²) in [5.41, 5.74) is 2.74. The van der Waals surface area contributed by atoms with Gasteiger partial charge in [0.25, 0.3) is 5.91 Å². The monoisotopic (exact) mass is 345 g/mol. The Morgan fingerprint density at radius 2 is 1.46 bits per heavy atom. The van der Waals surface area contributed by atoms with Crippen LogP contribution in [0.5, 0.6) is 0 Å². The van der Waals surface area contributed by atoms with Crippen LogP contribution >= 0.6 is 0 Å². The molecule has 0 bridgehead atoms. The SMILES string of the molecule is CC(C)CNC(=O)c1ccc(Cc2ccc(S(C)(=O)=O)cc2)cc1. The minimum absolute atomic E-state index is 0.0623. The van der Waals surface area contributed by atoms with E-state index in [4.69, 9.17) is 0 Å². The van der Waals surface area contributed by atoms with Gasteiger partial charge in [0.05, 0.1) is 4.90 Å². The summed E-state index contributed by atoms with van der Waals surface area (Å²) >= 11 is 0. The molecule has 5 heteroatoms. The number of hydrogen-bond donors (Lipinski definition) is 1. The van der Waals surface area contributed by atoms with Crippen molar-refractivity contribution in [2.45, 2.75) is 25.2 Å². The molecule has 2 rings (SSSR count). The van der Waals surface area contributed by atoms with Crippen LogP contribution in [-0.4, -0.2) is 27.1 Å². The van der Waals surface area contributed by atoms with Crippen molar-refractivity contribution in [2.24, 2.45) is 5.92 Å². The number of carbonyl (C=O) groups is 1. The molecular weight excluding hydrogens is 322 g/mol. The Balaban J connectivity index is 2.02. The summed E-state index contributed by atoms with van der Waals surface area (Å²) in [6.45, 7) is 4.77. The molecule has 0 heterocycles. The van der Waals surface area contributed by atoms with Crippen LogP contribution in [0.1, 0.15) is 35.3 Å². The van der Waals surface area contributed by atoms with Crippen LogP contribution in [0.4, 0.5) is 0 Å². The molecule has 0 unspecified atom stereocenters. The highest BCUT2D eigenvalue weighted by molar-refractivity contribution is 7.90. The van der Waals surface area contributed by atoms with Gasteiger partial charge in [-0.15, -0.1) is 0 Å². The van der Waals surface area contributed by atoms with Gasteiger partial charge in [0.2, 0.25) is 0 Å². The summed E-state index contributed by atoms with van der Waals surface area (Å²) in [6.07, 6.45) is 1.89. The van der Waals surface area contributed by atoms with Crippen molar-refractivity contribution in [3.8, 4) is 0 Å². The van der Waals surface area contributed by atoms with Gasteiger partial charge >= 0.3 is 0 Å². The first-order valence-corrected chi connectivity index (χ1v) is 9.81. The fourth-order valence-corrected chi connectivity index (χ4v) is 2.89. The number of benzene rings is 2. The first-order chi connectivity index (χ1) is 11.3. The lowest BCUT2D eigenvalue weighted by Gasteiger charge is -2.08. The molecule has 0 aromatic heterocycles.